The minimum atomic E-state index is 0. The number of halogens is 1. The van der Waals surface area contributed by atoms with Crippen LogP contribution in [0.4, 0.5) is 0 Å². The zero-order valence-electron chi connectivity index (χ0n) is 6.72. The molecule has 0 N–H and O–H groups in total. The molecular formula is C7H13ClN2O. The highest BCUT2D eigenvalue weighted by molar-refractivity contribution is 4.67. The van der Waals surface area contributed by atoms with Gasteiger partial charge >= 0.3 is 0 Å². The zero-order valence-corrected chi connectivity index (χ0v) is 7.47. The Morgan fingerprint density at radius 3 is 2.82 bits per heavy atom. The van der Waals surface area contributed by atoms with E-state index in [4.69, 9.17) is 10.00 Å². The first-order chi connectivity index (χ1) is 4.77. The number of likely N-dealkylation sites (N-methyl/N-ethyl adjacent to an activating group) is 1. The van der Waals surface area contributed by atoms with Crippen LogP contribution in [0.25, 0.3) is 0 Å². The highest BCUT2D eigenvalue weighted by Crippen LogP contribution is 2.09. The van der Waals surface area contributed by atoms with Crippen molar-refractivity contribution in [3.63, 3.8) is 0 Å². The smallest absolute Gasteiger partial charge is 0.183 e. The van der Waals surface area contributed by atoms with E-state index in [9.17, 15) is 0 Å². The number of ether oxygens (including phenoxy) is 1. The van der Waals surface area contributed by atoms with Crippen molar-refractivity contribution in [3.8, 4) is 6.07 Å². The van der Waals surface area contributed by atoms with Gasteiger partial charge in [0.25, 0.3) is 0 Å². The Labute approximate surface area is 73.6 Å². The number of nitrogens with zero attached hydrogens (tertiary/aromatic N) is 2. The van der Waals surface area contributed by atoms with E-state index in [1.165, 1.54) is 0 Å². The number of quaternary nitrogens is 1. The van der Waals surface area contributed by atoms with Gasteiger partial charge in [-0.05, 0) is 0 Å². The second kappa shape index (κ2) is 4.55. The third-order valence-corrected chi connectivity index (χ3v) is 1.94. The summed E-state index contributed by atoms with van der Waals surface area (Å²) in [5.41, 5.74) is 0. The van der Waals surface area contributed by atoms with Crippen molar-refractivity contribution in [3.05, 3.63) is 0 Å². The van der Waals surface area contributed by atoms with Gasteiger partial charge in [0, 0.05) is 0 Å². The molecule has 0 aromatic heterocycles. The Hall–Kier alpha value is -0.300. The van der Waals surface area contributed by atoms with Crippen LogP contribution in [-0.4, -0.2) is 38.0 Å². The molecule has 1 atom stereocenters. The van der Waals surface area contributed by atoms with Crippen LogP contribution >= 0.6 is 0 Å². The molecule has 0 bridgehead atoms. The van der Waals surface area contributed by atoms with Crippen molar-refractivity contribution in [2.45, 2.75) is 6.42 Å². The SMILES string of the molecule is C[N+]1(CCC#N)CCOC1.[Cl-]. The van der Waals surface area contributed by atoms with Gasteiger partial charge < -0.3 is 21.6 Å². The van der Waals surface area contributed by atoms with Crippen LogP contribution in [0.2, 0.25) is 0 Å². The second-order valence-electron chi connectivity index (χ2n) is 3.01. The van der Waals surface area contributed by atoms with Gasteiger partial charge in [-0.1, -0.05) is 0 Å². The standard InChI is InChI=1S/C7H13N2O.ClH/c1-9(4-2-3-8)5-6-10-7-9;/h2,4-7H2,1H3;1H/q+1;/p-1. The lowest BCUT2D eigenvalue weighted by Gasteiger charge is -2.25. The molecule has 1 fully saturated rings. The molecule has 3 nitrogen and oxygen atoms in total. The van der Waals surface area contributed by atoms with Gasteiger partial charge in [-0.2, -0.15) is 5.26 Å². The van der Waals surface area contributed by atoms with Crippen LogP contribution in [0.5, 0.6) is 0 Å². The minimum Gasteiger partial charge on any atom is -1.00 e. The van der Waals surface area contributed by atoms with Gasteiger partial charge in [-0.15, -0.1) is 0 Å². The van der Waals surface area contributed by atoms with Crippen LogP contribution in [0.1, 0.15) is 6.42 Å². The zero-order chi connectivity index (χ0) is 7.45. The van der Waals surface area contributed by atoms with E-state index in [0.717, 1.165) is 30.9 Å². The van der Waals surface area contributed by atoms with Crippen molar-refractivity contribution >= 4 is 0 Å². The minimum absolute atomic E-state index is 0. The average Bonchev–Trinajstić information content (AvgIpc) is 2.33. The van der Waals surface area contributed by atoms with Gasteiger partial charge in [0.05, 0.1) is 26.1 Å². The van der Waals surface area contributed by atoms with Crippen molar-refractivity contribution in [1.29, 1.82) is 5.26 Å². The van der Waals surface area contributed by atoms with Crippen molar-refractivity contribution in [2.24, 2.45) is 0 Å². The Kier molecular flexibility index (Phi) is 4.43. The van der Waals surface area contributed by atoms with E-state index in [0.29, 0.717) is 6.42 Å². The highest BCUT2D eigenvalue weighted by atomic mass is 35.5. The normalized spacial score (nSPS) is 29.1. The van der Waals surface area contributed by atoms with Gasteiger partial charge in [0.1, 0.15) is 13.2 Å². The fourth-order valence-electron chi connectivity index (χ4n) is 1.13. The van der Waals surface area contributed by atoms with E-state index >= 15 is 0 Å². The molecule has 1 aliphatic heterocycles. The van der Waals surface area contributed by atoms with Crippen LogP contribution in [-0.2, 0) is 4.74 Å². The van der Waals surface area contributed by atoms with Crippen LogP contribution in [0.3, 0.4) is 0 Å². The monoisotopic (exact) mass is 176 g/mol. The molecule has 0 aromatic carbocycles. The molecule has 1 aliphatic rings. The first-order valence-corrected chi connectivity index (χ1v) is 3.55. The molecule has 0 radical (unpaired) electrons. The maximum Gasteiger partial charge on any atom is 0.183 e. The Morgan fingerprint density at radius 2 is 2.36 bits per heavy atom. The summed E-state index contributed by atoms with van der Waals surface area (Å²) in [7, 11) is 2.13. The summed E-state index contributed by atoms with van der Waals surface area (Å²) in [4.78, 5) is 0. The average molecular weight is 177 g/mol. The molecule has 64 valence electrons. The molecular weight excluding hydrogens is 164 g/mol. The van der Waals surface area contributed by atoms with Gasteiger partial charge in [-0.25, -0.2) is 0 Å². The fraction of sp³-hybridized carbons (Fsp3) is 0.857. The molecule has 11 heavy (non-hydrogen) atoms. The quantitative estimate of drug-likeness (QED) is 0.431. The van der Waals surface area contributed by atoms with Gasteiger partial charge in [0.15, 0.2) is 6.73 Å². The molecule has 1 rings (SSSR count). The van der Waals surface area contributed by atoms with Crippen molar-refractivity contribution in [1.82, 2.24) is 0 Å². The lowest BCUT2D eigenvalue weighted by molar-refractivity contribution is -0.906. The van der Waals surface area contributed by atoms with Gasteiger partial charge in [0.2, 0.25) is 0 Å². The Bertz CT molecular complexity index is 149. The summed E-state index contributed by atoms with van der Waals surface area (Å²) in [5.74, 6) is 0. The van der Waals surface area contributed by atoms with E-state index in [-0.39, 0.29) is 12.4 Å². The fourth-order valence-corrected chi connectivity index (χ4v) is 1.13. The topological polar surface area (TPSA) is 33.0 Å². The molecule has 0 aliphatic carbocycles. The first kappa shape index (κ1) is 10.7. The van der Waals surface area contributed by atoms with Crippen molar-refractivity contribution in [2.75, 3.05) is 33.5 Å². The van der Waals surface area contributed by atoms with E-state index in [2.05, 4.69) is 13.1 Å². The third-order valence-electron chi connectivity index (χ3n) is 1.94. The number of hydrogen-bond donors (Lipinski definition) is 0. The largest absolute Gasteiger partial charge is 1.00 e. The predicted molar refractivity (Wildman–Crippen MR) is 37.0 cm³/mol. The van der Waals surface area contributed by atoms with E-state index < -0.39 is 0 Å². The third kappa shape index (κ3) is 3.06. The first-order valence-electron chi connectivity index (χ1n) is 3.55. The lowest BCUT2D eigenvalue weighted by Crippen LogP contribution is -3.00. The maximum absolute atomic E-state index is 8.34. The summed E-state index contributed by atoms with van der Waals surface area (Å²) in [5, 5.41) is 8.34. The molecule has 0 spiro atoms. The summed E-state index contributed by atoms with van der Waals surface area (Å²) in [6, 6.07) is 2.15. The number of nitriles is 1. The van der Waals surface area contributed by atoms with E-state index in [1.807, 2.05) is 0 Å². The van der Waals surface area contributed by atoms with Gasteiger partial charge in [-0.3, -0.25) is 0 Å². The number of hydrogen-bond acceptors (Lipinski definition) is 2. The summed E-state index contributed by atoms with van der Waals surface area (Å²) >= 11 is 0. The Balaban J connectivity index is 0.000001000. The van der Waals surface area contributed by atoms with Crippen LogP contribution in [0.15, 0.2) is 0 Å². The highest BCUT2D eigenvalue weighted by Gasteiger charge is 2.26. The molecule has 4 heteroatoms. The van der Waals surface area contributed by atoms with Crippen molar-refractivity contribution < 1.29 is 21.6 Å². The molecule has 0 saturated carbocycles. The number of rotatable bonds is 2. The van der Waals surface area contributed by atoms with Crippen LogP contribution in [0, 0.1) is 11.3 Å². The molecule has 0 aromatic rings. The summed E-state index contributed by atoms with van der Waals surface area (Å²) in [6.07, 6.45) is 0.639. The molecule has 1 heterocycles. The van der Waals surface area contributed by atoms with E-state index in [1.54, 1.807) is 0 Å². The summed E-state index contributed by atoms with van der Waals surface area (Å²) in [6.45, 7) is 3.61. The second-order valence-corrected chi connectivity index (χ2v) is 3.01. The Morgan fingerprint density at radius 1 is 1.64 bits per heavy atom. The van der Waals surface area contributed by atoms with Crippen LogP contribution < -0.4 is 12.4 Å². The lowest BCUT2D eigenvalue weighted by atomic mass is 10.4. The molecule has 1 unspecified atom stereocenters. The maximum atomic E-state index is 8.34. The molecule has 0 amide bonds. The predicted octanol–water partition coefficient (Wildman–Crippen LogP) is -2.66. The molecule has 1 saturated heterocycles. The summed E-state index contributed by atoms with van der Waals surface area (Å²) < 4.78 is 6.13.